The Morgan fingerprint density at radius 2 is 1.83 bits per heavy atom. The first-order chi connectivity index (χ1) is 14.2. The van der Waals surface area contributed by atoms with Gasteiger partial charge in [0.05, 0.1) is 12.2 Å². The van der Waals surface area contributed by atoms with Gasteiger partial charge in [0.1, 0.15) is 0 Å². The van der Waals surface area contributed by atoms with Crippen LogP contribution in [0.5, 0.6) is 11.5 Å². The van der Waals surface area contributed by atoms with Crippen molar-refractivity contribution in [1.82, 2.24) is 9.88 Å². The number of fused-ring (bicyclic) bond motifs is 1. The monoisotopic (exact) mass is 390 g/mol. The maximum absolute atomic E-state index is 13.4. The Bertz CT molecular complexity index is 963. The highest BCUT2D eigenvalue weighted by molar-refractivity contribution is 5.82. The zero-order valence-electron chi connectivity index (χ0n) is 16.2. The molecule has 0 radical (unpaired) electrons. The number of carbonyl (C=O) groups is 1. The van der Waals surface area contributed by atoms with E-state index in [0.29, 0.717) is 18.8 Å². The Morgan fingerprint density at radius 3 is 2.59 bits per heavy atom. The van der Waals surface area contributed by atoms with Crippen LogP contribution in [0.15, 0.2) is 72.9 Å². The van der Waals surface area contributed by atoms with E-state index < -0.39 is 6.10 Å². The molecule has 4 rings (SSSR count). The molecular weight excluding hydrogens is 368 g/mol. The SMILES string of the molecule is CO[C@@H](C(=O)N(Cc1ccc2c(c1)OCO2)Cc1ccccn1)c1ccccc1. The molecule has 2 heterocycles. The van der Waals surface area contributed by atoms with Crippen molar-refractivity contribution in [3.05, 3.63) is 89.7 Å². The fraction of sp³-hybridized carbons (Fsp3) is 0.217. The van der Waals surface area contributed by atoms with Crippen LogP contribution < -0.4 is 9.47 Å². The summed E-state index contributed by atoms with van der Waals surface area (Å²) in [6.07, 6.45) is 1.04. The number of hydrogen-bond donors (Lipinski definition) is 0. The van der Waals surface area contributed by atoms with Crippen LogP contribution in [0.25, 0.3) is 0 Å². The highest BCUT2D eigenvalue weighted by Gasteiger charge is 2.27. The Morgan fingerprint density at radius 1 is 1.03 bits per heavy atom. The van der Waals surface area contributed by atoms with E-state index in [1.165, 1.54) is 0 Å². The lowest BCUT2D eigenvalue weighted by Gasteiger charge is -2.27. The molecule has 0 saturated carbocycles. The number of carbonyl (C=O) groups excluding carboxylic acids is 1. The van der Waals surface area contributed by atoms with Gasteiger partial charge in [0, 0.05) is 19.9 Å². The van der Waals surface area contributed by atoms with E-state index in [4.69, 9.17) is 14.2 Å². The zero-order chi connectivity index (χ0) is 20.1. The fourth-order valence-electron chi connectivity index (χ4n) is 3.33. The van der Waals surface area contributed by atoms with Crippen LogP contribution >= 0.6 is 0 Å². The lowest BCUT2D eigenvalue weighted by Crippen LogP contribution is -2.35. The molecule has 29 heavy (non-hydrogen) atoms. The number of pyridine rings is 1. The summed E-state index contributed by atoms with van der Waals surface area (Å²) in [6, 6.07) is 20.9. The molecule has 1 aromatic heterocycles. The number of rotatable bonds is 7. The number of benzene rings is 2. The highest BCUT2D eigenvalue weighted by atomic mass is 16.7. The highest BCUT2D eigenvalue weighted by Crippen LogP contribution is 2.33. The van der Waals surface area contributed by atoms with E-state index in [1.807, 2.05) is 66.7 Å². The van der Waals surface area contributed by atoms with Gasteiger partial charge < -0.3 is 19.1 Å². The summed E-state index contributed by atoms with van der Waals surface area (Å²) in [6.45, 7) is 0.995. The van der Waals surface area contributed by atoms with E-state index in [9.17, 15) is 4.79 Å². The first-order valence-electron chi connectivity index (χ1n) is 9.39. The van der Waals surface area contributed by atoms with Gasteiger partial charge in [-0.3, -0.25) is 9.78 Å². The summed E-state index contributed by atoms with van der Waals surface area (Å²) >= 11 is 0. The van der Waals surface area contributed by atoms with Crippen molar-refractivity contribution in [2.24, 2.45) is 0 Å². The lowest BCUT2D eigenvalue weighted by molar-refractivity contribution is -0.143. The predicted octanol–water partition coefficient (Wildman–Crippen LogP) is 3.73. The van der Waals surface area contributed by atoms with E-state index in [1.54, 1.807) is 18.2 Å². The Balaban J connectivity index is 1.61. The van der Waals surface area contributed by atoms with Crippen LogP contribution in [0.3, 0.4) is 0 Å². The molecule has 0 fully saturated rings. The molecule has 6 heteroatoms. The number of amides is 1. The summed E-state index contributed by atoms with van der Waals surface area (Å²) < 4.78 is 16.4. The van der Waals surface area contributed by atoms with E-state index in [0.717, 1.165) is 22.6 Å². The van der Waals surface area contributed by atoms with Gasteiger partial charge in [-0.2, -0.15) is 0 Å². The average molecular weight is 390 g/mol. The second kappa shape index (κ2) is 8.75. The van der Waals surface area contributed by atoms with Crippen LogP contribution in [0.1, 0.15) is 22.9 Å². The van der Waals surface area contributed by atoms with Crippen molar-refractivity contribution in [2.45, 2.75) is 19.2 Å². The molecule has 2 aromatic carbocycles. The normalized spacial score (nSPS) is 13.1. The first kappa shape index (κ1) is 19.0. The zero-order valence-corrected chi connectivity index (χ0v) is 16.2. The molecule has 0 aliphatic carbocycles. The van der Waals surface area contributed by atoms with Gasteiger partial charge in [-0.25, -0.2) is 0 Å². The molecule has 1 aliphatic heterocycles. The van der Waals surface area contributed by atoms with Gasteiger partial charge in [0.15, 0.2) is 17.6 Å². The Labute approximate surface area is 169 Å². The molecular formula is C23H22N2O4. The van der Waals surface area contributed by atoms with Crippen LogP contribution in [0.4, 0.5) is 0 Å². The van der Waals surface area contributed by atoms with Crippen molar-refractivity contribution in [3.63, 3.8) is 0 Å². The lowest BCUT2D eigenvalue weighted by atomic mass is 10.1. The third-order valence-electron chi connectivity index (χ3n) is 4.76. The third kappa shape index (κ3) is 4.38. The molecule has 0 saturated heterocycles. The topological polar surface area (TPSA) is 60.9 Å². The second-order valence-electron chi connectivity index (χ2n) is 6.73. The first-order valence-corrected chi connectivity index (χ1v) is 9.39. The molecule has 3 aromatic rings. The van der Waals surface area contributed by atoms with Gasteiger partial charge >= 0.3 is 0 Å². The van der Waals surface area contributed by atoms with Gasteiger partial charge in [-0.05, 0) is 35.4 Å². The van der Waals surface area contributed by atoms with Crippen molar-refractivity contribution in [1.29, 1.82) is 0 Å². The molecule has 0 unspecified atom stereocenters. The molecule has 1 atom stereocenters. The minimum atomic E-state index is -0.686. The van der Waals surface area contributed by atoms with Crippen LogP contribution in [-0.2, 0) is 22.6 Å². The molecule has 0 N–H and O–H groups in total. The maximum Gasteiger partial charge on any atom is 0.256 e. The van der Waals surface area contributed by atoms with Gasteiger partial charge in [-0.15, -0.1) is 0 Å². The third-order valence-corrected chi connectivity index (χ3v) is 4.76. The smallest absolute Gasteiger partial charge is 0.256 e. The summed E-state index contributed by atoms with van der Waals surface area (Å²) in [7, 11) is 1.55. The second-order valence-corrected chi connectivity index (χ2v) is 6.73. The molecule has 0 spiro atoms. The summed E-state index contributed by atoms with van der Waals surface area (Å²) in [4.78, 5) is 19.6. The molecule has 1 amide bonds. The van der Waals surface area contributed by atoms with Gasteiger partial charge in [0.25, 0.3) is 5.91 Å². The number of nitrogens with zero attached hydrogens (tertiary/aromatic N) is 2. The van der Waals surface area contributed by atoms with Crippen molar-refractivity contribution < 1.29 is 19.0 Å². The minimum Gasteiger partial charge on any atom is -0.454 e. The number of aromatic nitrogens is 1. The minimum absolute atomic E-state index is 0.123. The molecule has 148 valence electrons. The van der Waals surface area contributed by atoms with Crippen LogP contribution in [0.2, 0.25) is 0 Å². The van der Waals surface area contributed by atoms with Crippen molar-refractivity contribution in [2.75, 3.05) is 13.9 Å². The molecule has 6 nitrogen and oxygen atoms in total. The number of ether oxygens (including phenoxy) is 3. The largest absolute Gasteiger partial charge is 0.454 e. The summed E-state index contributed by atoms with van der Waals surface area (Å²) in [5.41, 5.74) is 2.57. The predicted molar refractivity (Wildman–Crippen MR) is 107 cm³/mol. The van der Waals surface area contributed by atoms with Gasteiger partial charge in [-0.1, -0.05) is 42.5 Å². The van der Waals surface area contributed by atoms with E-state index in [2.05, 4.69) is 4.98 Å². The van der Waals surface area contributed by atoms with Gasteiger partial charge in [0.2, 0.25) is 6.79 Å². The van der Waals surface area contributed by atoms with Crippen LogP contribution in [-0.4, -0.2) is 29.7 Å². The molecule has 0 bridgehead atoms. The van der Waals surface area contributed by atoms with Crippen LogP contribution in [0, 0.1) is 0 Å². The van der Waals surface area contributed by atoms with Crippen molar-refractivity contribution >= 4 is 5.91 Å². The van der Waals surface area contributed by atoms with E-state index >= 15 is 0 Å². The van der Waals surface area contributed by atoms with E-state index in [-0.39, 0.29) is 12.7 Å². The summed E-state index contributed by atoms with van der Waals surface area (Å²) in [5.74, 6) is 1.29. The van der Waals surface area contributed by atoms with Crippen molar-refractivity contribution in [3.8, 4) is 11.5 Å². The average Bonchev–Trinajstić information content (AvgIpc) is 3.23. The Kier molecular flexibility index (Phi) is 5.72. The summed E-state index contributed by atoms with van der Waals surface area (Å²) in [5, 5.41) is 0. The maximum atomic E-state index is 13.4. The standard InChI is InChI=1S/C23H22N2O4/c1-27-22(18-7-3-2-4-8-18)23(26)25(15-19-9-5-6-12-24-19)14-17-10-11-20-21(13-17)29-16-28-20/h2-13,22H,14-16H2,1H3/t22-/m1/s1. The Hall–Kier alpha value is -3.38. The number of hydrogen-bond acceptors (Lipinski definition) is 5. The quantitative estimate of drug-likeness (QED) is 0.615. The molecule has 1 aliphatic rings. The number of methoxy groups -OCH3 is 1. The fourth-order valence-corrected chi connectivity index (χ4v) is 3.33.